The number of aromatic nitrogens is 2. The fraction of sp³-hybridized carbons (Fsp3) is 0.600. The summed E-state index contributed by atoms with van der Waals surface area (Å²) in [5, 5.41) is 38.6. The van der Waals surface area contributed by atoms with E-state index in [9.17, 15) is 20.1 Å². The van der Waals surface area contributed by atoms with Crippen LogP contribution in [-0.2, 0) is 0 Å². The molecule has 2 rings (SSSR count). The van der Waals surface area contributed by atoms with Gasteiger partial charge in [0.15, 0.2) is 6.23 Å². The molecule has 8 heteroatoms. The van der Waals surface area contributed by atoms with E-state index in [-0.39, 0.29) is 18.8 Å². The number of hydrogen-bond donors (Lipinski definition) is 5. The molecule has 1 aromatic rings. The van der Waals surface area contributed by atoms with Gasteiger partial charge in [0, 0.05) is 18.7 Å². The van der Waals surface area contributed by atoms with Gasteiger partial charge in [-0.15, -0.1) is 0 Å². The molecule has 0 radical (unpaired) electrons. The first-order valence-electron chi connectivity index (χ1n) is 5.44. The molecule has 0 bridgehead atoms. The van der Waals surface area contributed by atoms with Crippen LogP contribution in [0.1, 0.15) is 12.6 Å². The first-order valence-corrected chi connectivity index (χ1v) is 5.44. The van der Waals surface area contributed by atoms with Gasteiger partial charge >= 0.3 is 5.69 Å². The molecule has 8 nitrogen and oxygen atoms in total. The van der Waals surface area contributed by atoms with Crippen molar-refractivity contribution in [3.8, 4) is 0 Å². The molecule has 1 heterocycles. The fourth-order valence-electron chi connectivity index (χ4n) is 2.18. The third-order valence-corrected chi connectivity index (χ3v) is 3.34. The van der Waals surface area contributed by atoms with Gasteiger partial charge in [0.1, 0.15) is 11.4 Å². The van der Waals surface area contributed by atoms with Gasteiger partial charge in [0.2, 0.25) is 0 Å². The highest BCUT2D eigenvalue weighted by molar-refractivity contribution is 5.23. The van der Waals surface area contributed by atoms with E-state index in [4.69, 9.17) is 10.8 Å². The molecule has 0 saturated heterocycles. The number of rotatable bonds is 3. The SMILES string of the molecule is Nc1ccn(C(O)C2(O)CC(CO)[C@@H]2O)c(=O)n1. The molecule has 1 saturated carbocycles. The quantitative estimate of drug-likeness (QED) is 0.400. The second kappa shape index (κ2) is 4.32. The Hall–Kier alpha value is -1.48. The largest absolute Gasteiger partial charge is 0.396 e. The first-order chi connectivity index (χ1) is 8.40. The normalized spacial score (nSPS) is 32.9. The van der Waals surface area contributed by atoms with E-state index in [1.54, 1.807) is 0 Å². The van der Waals surface area contributed by atoms with Crippen LogP contribution in [0.4, 0.5) is 5.82 Å². The van der Waals surface area contributed by atoms with Gasteiger partial charge in [-0.05, 0) is 12.5 Å². The zero-order valence-corrected chi connectivity index (χ0v) is 9.47. The van der Waals surface area contributed by atoms with Crippen LogP contribution in [0.15, 0.2) is 17.1 Å². The Labute approximate surface area is 102 Å². The lowest BCUT2D eigenvalue weighted by atomic mass is 9.67. The standard InChI is InChI=1S/C10H15N3O5/c11-6-1-2-13(9(17)12-6)8(16)10(18)3-5(4-14)7(10)15/h1-2,5,7-8,14-16,18H,3-4H2,(H2,11,12,17)/t5?,7-,8?,10?/m0/s1. The molecular weight excluding hydrogens is 242 g/mol. The van der Waals surface area contributed by atoms with Gasteiger partial charge in [-0.25, -0.2) is 4.79 Å². The van der Waals surface area contributed by atoms with Crippen LogP contribution in [0, 0.1) is 5.92 Å². The van der Waals surface area contributed by atoms with Crippen molar-refractivity contribution >= 4 is 5.82 Å². The maximum absolute atomic E-state index is 11.5. The van der Waals surface area contributed by atoms with Crippen molar-refractivity contribution in [3.05, 3.63) is 22.7 Å². The number of nitrogens with two attached hydrogens (primary N) is 1. The van der Waals surface area contributed by atoms with E-state index >= 15 is 0 Å². The zero-order valence-electron chi connectivity index (χ0n) is 9.47. The Morgan fingerprint density at radius 2 is 2.33 bits per heavy atom. The fourth-order valence-corrected chi connectivity index (χ4v) is 2.18. The van der Waals surface area contributed by atoms with Crippen LogP contribution >= 0.6 is 0 Å². The molecule has 0 amide bonds. The molecule has 0 aliphatic heterocycles. The number of nitrogens with zero attached hydrogens (tertiary/aromatic N) is 2. The molecule has 0 spiro atoms. The minimum atomic E-state index is -1.87. The van der Waals surface area contributed by atoms with Gasteiger partial charge in [0.05, 0.1) is 6.10 Å². The summed E-state index contributed by atoms with van der Waals surface area (Å²) in [6.45, 7) is -0.301. The number of nitrogen functional groups attached to an aromatic ring is 1. The summed E-state index contributed by atoms with van der Waals surface area (Å²) in [7, 11) is 0. The Morgan fingerprint density at radius 1 is 1.67 bits per heavy atom. The second-order valence-electron chi connectivity index (χ2n) is 4.50. The molecule has 0 aromatic carbocycles. The van der Waals surface area contributed by atoms with Gasteiger partial charge in [0.25, 0.3) is 0 Å². The van der Waals surface area contributed by atoms with Crippen molar-refractivity contribution < 1.29 is 20.4 Å². The lowest BCUT2D eigenvalue weighted by Gasteiger charge is -2.50. The molecule has 1 aliphatic rings. The summed E-state index contributed by atoms with van der Waals surface area (Å²) in [6.07, 6.45) is -1.77. The number of aliphatic hydroxyl groups is 4. The maximum atomic E-state index is 11.5. The first kappa shape index (κ1) is 13.0. The van der Waals surface area contributed by atoms with Crippen molar-refractivity contribution in [2.24, 2.45) is 5.92 Å². The van der Waals surface area contributed by atoms with Crippen molar-refractivity contribution in [3.63, 3.8) is 0 Å². The molecular formula is C10H15N3O5. The van der Waals surface area contributed by atoms with Crippen molar-refractivity contribution in [1.29, 1.82) is 0 Å². The van der Waals surface area contributed by atoms with Crippen LogP contribution in [0.3, 0.4) is 0 Å². The molecule has 1 aliphatic carbocycles. The molecule has 1 aromatic heterocycles. The molecule has 3 unspecified atom stereocenters. The van der Waals surface area contributed by atoms with Crippen molar-refractivity contribution in [2.75, 3.05) is 12.3 Å². The highest BCUT2D eigenvalue weighted by Gasteiger charge is 2.57. The third kappa shape index (κ3) is 1.79. The Balaban J connectivity index is 2.27. The number of hydrogen-bond acceptors (Lipinski definition) is 7. The third-order valence-electron chi connectivity index (χ3n) is 3.34. The molecule has 4 atom stereocenters. The number of aliphatic hydroxyl groups excluding tert-OH is 3. The highest BCUT2D eigenvalue weighted by atomic mass is 16.4. The average Bonchev–Trinajstić information content (AvgIpc) is 2.34. The number of anilines is 1. The van der Waals surface area contributed by atoms with Crippen LogP contribution in [0.25, 0.3) is 0 Å². The van der Waals surface area contributed by atoms with E-state index in [2.05, 4.69) is 4.98 Å². The van der Waals surface area contributed by atoms with Gasteiger partial charge in [-0.1, -0.05) is 0 Å². The predicted molar refractivity (Wildman–Crippen MR) is 60.3 cm³/mol. The minimum Gasteiger partial charge on any atom is -0.396 e. The summed E-state index contributed by atoms with van der Waals surface area (Å²) >= 11 is 0. The van der Waals surface area contributed by atoms with Crippen LogP contribution in [-0.4, -0.2) is 48.3 Å². The zero-order chi connectivity index (χ0) is 13.5. The average molecular weight is 257 g/mol. The van der Waals surface area contributed by atoms with Gasteiger partial charge in [-0.3, -0.25) is 4.57 Å². The predicted octanol–water partition coefficient (Wildman–Crippen LogP) is -2.58. The molecule has 18 heavy (non-hydrogen) atoms. The van der Waals surface area contributed by atoms with Gasteiger partial charge < -0.3 is 26.2 Å². The van der Waals surface area contributed by atoms with E-state index in [1.165, 1.54) is 12.3 Å². The smallest absolute Gasteiger partial charge is 0.351 e. The Morgan fingerprint density at radius 3 is 2.83 bits per heavy atom. The topological polar surface area (TPSA) is 142 Å². The van der Waals surface area contributed by atoms with E-state index < -0.39 is 29.5 Å². The minimum absolute atomic E-state index is 0.00201. The molecule has 6 N–H and O–H groups in total. The summed E-state index contributed by atoms with van der Waals surface area (Å²) in [5.74, 6) is -0.514. The Bertz CT molecular complexity index is 505. The summed E-state index contributed by atoms with van der Waals surface area (Å²) in [6, 6.07) is 1.29. The second-order valence-corrected chi connectivity index (χ2v) is 4.50. The van der Waals surface area contributed by atoms with E-state index in [0.717, 1.165) is 4.57 Å². The monoisotopic (exact) mass is 257 g/mol. The molecule has 100 valence electrons. The Kier molecular flexibility index (Phi) is 3.11. The lowest BCUT2D eigenvalue weighted by Crippen LogP contribution is -2.64. The summed E-state index contributed by atoms with van der Waals surface area (Å²) < 4.78 is 0.785. The summed E-state index contributed by atoms with van der Waals surface area (Å²) in [4.78, 5) is 14.9. The van der Waals surface area contributed by atoms with E-state index in [1.807, 2.05) is 0 Å². The maximum Gasteiger partial charge on any atom is 0.351 e. The van der Waals surface area contributed by atoms with Gasteiger partial charge in [-0.2, -0.15) is 4.98 Å². The van der Waals surface area contributed by atoms with Crippen LogP contribution in [0.5, 0.6) is 0 Å². The van der Waals surface area contributed by atoms with Crippen LogP contribution < -0.4 is 11.4 Å². The lowest BCUT2D eigenvalue weighted by molar-refractivity contribution is -0.259. The summed E-state index contributed by atoms with van der Waals surface area (Å²) in [5.41, 5.74) is 2.61. The van der Waals surface area contributed by atoms with Crippen molar-refractivity contribution in [2.45, 2.75) is 24.4 Å². The van der Waals surface area contributed by atoms with Crippen LogP contribution in [0.2, 0.25) is 0 Å². The van der Waals surface area contributed by atoms with E-state index in [0.29, 0.717) is 0 Å². The van der Waals surface area contributed by atoms with Crippen molar-refractivity contribution in [1.82, 2.24) is 9.55 Å². The molecule has 1 fully saturated rings. The highest BCUT2D eigenvalue weighted by Crippen LogP contribution is 2.43.